The van der Waals surface area contributed by atoms with Crippen molar-refractivity contribution < 1.29 is 9.59 Å². The molecule has 3 N–H and O–H groups in total. The molecule has 4 rings (SSSR count). The summed E-state index contributed by atoms with van der Waals surface area (Å²) in [6.45, 7) is 3.98. The van der Waals surface area contributed by atoms with Crippen LogP contribution < -0.4 is 11.2 Å². The normalized spacial score (nSPS) is 20.0. The van der Waals surface area contributed by atoms with Crippen LogP contribution in [0.4, 0.5) is 0 Å². The van der Waals surface area contributed by atoms with Crippen molar-refractivity contribution in [2.24, 2.45) is 11.1 Å². The molecular weight excluding hydrogens is 426 g/mol. The van der Waals surface area contributed by atoms with Crippen LogP contribution in [0.25, 0.3) is 0 Å². The fourth-order valence-electron chi connectivity index (χ4n) is 4.33. The van der Waals surface area contributed by atoms with E-state index in [4.69, 9.17) is 17.3 Å². The summed E-state index contributed by atoms with van der Waals surface area (Å²) in [7, 11) is 0. The number of nitrogens with two attached hydrogens (primary N) is 1. The first-order valence-electron chi connectivity index (χ1n) is 10.1. The van der Waals surface area contributed by atoms with Crippen molar-refractivity contribution in [3.63, 3.8) is 0 Å². The number of carbonyl (C=O) groups excluding carboxylic acids is 2. The Hall–Kier alpha value is -3.63. The van der Waals surface area contributed by atoms with Gasteiger partial charge in [-0.3, -0.25) is 20.0 Å². The maximum Gasteiger partial charge on any atom is 0.270 e. The topological polar surface area (TPSA) is 112 Å². The molecule has 0 bridgehead atoms. The van der Waals surface area contributed by atoms with E-state index in [1.54, 1.807) is 30.3 Å². The Morgan fingerprint density at radius 3 is 2.66 bits per heavy atom. The number of rotatable bonds is 3. The van der Waals surface area contributed by atoms with Crippen LogP contribution in [-0.2, 0) is 4.79 Å². The van der Waals surface area contributed by atoms with Crippen LogP contribution >= 0.6 is 11.6 Å². The molecule has 1 aromatic carbocycles. The average Bonchev–Trinajstić information content (AvgIpc) is 2.75. The lowest BCUT2D eigenvalue weighted by Crippen LogP contribution is -2.49. The Balaban J connectivity index is 1.87. The van der Waals surface area contributed by atoms with Gasteiger partial charge in [-0.05, 0) is 41.7 Å². The van der Waals surface area contributed by atoms with E-state index in [0.717, 1.165) is 0 Å². The number of hydrogen-bond donors (Lipinski definition) is 2. The molecule has 7 nitrogen and oxygen atoms in total. The van der Waals surface area contributed by atoms with E-state index in [9.17, 15) is 14.9 Å². The molecule has 0 fully saturated rings. The van der Waals surface area contributed by atoms with Crippen LogP contribution in [0, 0.1) is 16.7 Å². The lowest BCUT2D eigenvalue weighted by molar-refractivity contribution is -0.118. The van der Waals surface area contributed by atoms with E-state index in [1.165, 1.54) is 17.4 Å². The molecule has 2 aliphatic rings. The number of nitrogens with zero attached hydrogens (tertiary/aromatic N) is 3. The van der Waals surface area contributed by atoms with Crippen LogP contribution in [-0.4, -0.2) is 21.7 Å². The molecule has 2 heterocycles. The number of hydrazine groups is 1. The molecule has 1 amide bonds. The van der Waals surface area contributed by atoms with E-state index in [0.29, 0.717) is 40.3 Å². The van der Waals surface area contributed by atoms with E-state index < -0.39 is 11.8 Å². The van der Waals surface area contributed by atoms with E-state index in [1.807, 2.05) is 19.9 Å². The number of nitrogens with one attached hydrogen (secondary N) is 1. The Bertz CT molecular complexity index is 1210. The van der Waals surface area contributed by atoms with Crippen molar-refractivity contribution in [1.82, 2.24) is 15.4 Å². The molecule has 0 radical (unpaired) electrons. The summed E-state index contributed by atoms with van der Waals surface area (Å²) in [5.74, 6) is -1.06. The SMILES string of the molecule is CC1(C)CC(=O)C2=C(C1)N(NC(=O)c1ccncc1)C(N)=C(C#N)C2c1cccc(Cl)c1. The number of pyridine rings is 1. The second-order valence-corrected chi connectivity index (χ2v) is 9.15. The molecule has 0 saturated carbocycles. The maximum atomic E-state index is 13.4. The molecule has 1 atom stereocenters. The van der Waals surface area contributed by atoms with Crippen molar-refractivity contribution in [3.05, 3.63) is 87.6 Å². The number of aromatic nitrogens is 1. The van der Waals surface area contributed by atoms with E-state index >= 15 is 0 Å². The highest BCUT2D eigenvalue weighted by molar-refractivity contribution is 6.30. The number of hydrogen-bond acceptors (Lipinski definition) is 6. The fraction of sp³-hybridized carbons (Fsp3) is 0.250. The number of benzene rings is 1. The van der Waals surface area contributed by atoms with Gasteiger partial charge < -0.3 is 5.73 Å². The van der Waals surface area contributed by atoms with Crippen molar-refractivity contribution in [2.45, 2.75) is 32.6 Å². The molecule has 1 unspecified atom stereocenters. The first kappa shape index (κ1) is 21.6. The number of halogens is 1. The van der Waals surface area contributed by atoms with Gasteiger partial charge in [0, 0.05) is 35.0 Å². The fourth-order valence-corrected chi connectivity index (χ4v) is 4.52. The molecule has 1 aliphatic carbocycles. The van der Waals surface area contributed by atoms with Crippen molar-refractivity contribution >= 4 is 23.3 Å². The molecule has 32 heavy (non-hydrogen) atoms. The monoisotopic (exact) mass is 447 g/mol. The van der Waals surface area contributed by atoms with Gasteiger partial charge in [0.15, 0.2) is 5.78 Å². The second-order valence-electron chi connectivity index (χ2n) is 8.71. The predicted octanol–water partition coefficient (Wildman–Crippen LogP) is 3.82. The largest absolute Gasteiger partial charge is 0.383 e. The minimum Gasteiger partial charge on any atom is -0.383 e. The smallest absolute Gasteiger partial charge is 0.270 e. The van der Waals surface area contributed by atoms with Gasteiger partial charge in [-0.25, -0.2) is 5.01 Å². The van der Waals surface area contributed by atoms with Crippen LogP contribution in [0.1, 0.15) is 48.5 Å². The summed E-state index contributed by atoms with van der Waals surface area (Å²) in [6, 6.07) is 12.4. The highest BCUT2D eigenvalue weighted by Crippen LogP contribution is 2.48. The first-order valence-corrected chi connectivity index (χ1v) is 10.5. The van der Waals surface area contributed by atoms with Gasteiger partial charge in [-0.1, -0.05) is 37.6 Å². The quantitative estimate of drug-likeness (QED) is 0.739. The van der Waals surface area contributed by atoms with Crippen LogP contribution in [0.5, 0.6) is 0 Å². The first-order chi connectivity index (χ1) is 15.2. The van der Waals surface area contributed by atoms with Crippen LogP contribution in [0.2, 0.25) is 5.02 Å². The summed E-state index contributed by atoms with van der Waals surface area (Å²) in [6.07, 6.45) is 3.85. The van der Waals surface area contributed by atoms with Gasteiger partial charge >= 0.3 is 0 Å². The van der Waals surface area contributed by atoms with Crippen molar-refractivity contribution in [2.75, 3.05) is 0 Å². The number of amides is 1. The summed E-state index contributed by atoms with van der Waals surface area (Å²) in [5.41, 5.74) is 11.2. The third-order valence-corrected chi connectivity index (χ3v) is 5.95. The molecule has 0 saturated heterocycles. The van der Waals surface area contributed by atoms with E-state index in [-0.39, 0.29) is 22.6 Å². The molecule has 1 aromatic heterocycles. The third-order valence-electron chi connectivity index (χ3n) is 5.72. The number of carbonyl (C=O) groups is 2. The molecule has 0 spiro atoms. The second kappa shape index (κ2) is 8.13. The Kier molecular flexibility index (Phi) is 5.49. The van der Waals surface area contributed by atoms with Gasteiger partial charge in [-0.2, -0.15) is 5.26 Å². The predicted molar refractivity (Wildman–Crippen MR) is 120 cm³/mol. The summed E-state index contributed by atoms with van der Waals surface area (Å²) in [4.78, 5) is 30.2. The average molecular weight is 448 g/mol. The number of Topliss-reactive ketones (excluding diaryl/α,β-unsaturated/α-hetero) is 1. The molecule has 162 valence electrons. The van der Waals surface area contributed by atoms with Crippen molar-refractivity contribution in [1.29, 1.82) is 5.26 Å². The Labute approximate surface area is 191 Å². The summed E-state index contributed by atoms with van der Waals surface area (Å²) in [5, 5.41) is 11.9. The molecule has 2 aromatic rings. The zero-order chi connectivity index (χ0) is 23.0. The molecular formula is C24H22ClN5O2. The highest BCUT2D eigenvalue weighted by atomic mass is 35.5. The van der Waals surface area contributed by atoms with Crippen molar-refractivity contribution in [3.8, 4) is 6.07 Å². The van der Waals surface area contributed by atoms with Gasteiger partial charge in [0.05, 0.1) is 23.3 Å². The van der Waals surface area contributed by atoms with Gasteiger partial charge in [0.1, 0.15) is 5.82 Å². The van der Waals surface area contributed by atoms with Crippen LogP contribution in [0.3, 0.4) is 0 Å². The van der Waals surface area contributed by atoms with Crippen LogP contribution in [0.15, 0.2) is 71.5 Å². The number of allylic oxidation sites excluding steroid dienone is 3. The zero-order valence-corrected chi connectivity index (χ0v) is 18.5. The standard InChI is InChI=1S/C24H22ClN5O2/c1-24(2)11-18-21(19(31)12-24)20(15-4-3-5-16(25)10-15)17(13-26)22(27)30(18)29-23(32)14-6-8-28-9-7-14/h3-10,20H,11-12,27H2,1-2H3,(H,29,32). The minimum atomic E-state index is -0.647. The lowest BCUT2D eigenvalue weighted by Gasteiger charge is -2.43. The Morgan fingerprint density at radius 2 is 2.00 bits per heavy atom. The summed E-state index contributed by atoms with van der Waals surface area (Å²) >= 11 is 6.21. The van der Waals surface area contributed by atoms with E-state index in [2.05, 4.69) is 16.5 Å². The zero-order valence-electron chi connectivity index (χ0n) is 17.7. The Morgan fingerprint density at radius 1 is 1.28 bits per heavy atom. The third kappa shape index (κ3) is 3.85. The maximum absolute atomic E-state index is 13.4. The van der Waals surface area contributed by atoms with Gasteiger partial charge in [-0.15, -0.1) is 0 Å². The molecule has 1 aliphatic heterocycles. The number of nitriles is 1. The van der Waals surface area contributed by atoms with Gasteiger partial charge in [0.2, 0.25) is 0 Å². The molecule has 8 heteroatoms. The number of ketones is 1. The summed E-state index contributed by atoms with van der Waals surface area (Å²) < 4.78 is 0. The highest BCUT2D eigenvalue weighted by Gasteiger charge is 2.44. The lowest BCUT2D eigenvalue weighted by atomic mass is 9.69. The minimum absolute atomic E-state index is 0.0790. The van der Waals surface area contributed by atoms with Gasteiger partial charge in [0.25, 0.3) is 5.91 Å².